The van der Waals surface area contributed by atoms with Gasteiger partial charge in [-0.1, -0.05) is 25.4 Å². The largest absolute Gasteiger partial charge is 0.207 e. The van der Waals surface area contributed by atoms with Crippen molar-refractivity contribution in [3.05, 3.63) is 33.0 Å². The van der Waals surface area contributed by atoms with Gasteiger partial charge in [0.15, 0.2) is 0 Å². The van der Waals surface area contributed by atoms with Crippen molar-refractivity contribution in [1.29, 1.82) is 0 Å². The highest BCUT2D eigenvalue weighted by Crippen LogP contribution is 2.32. The van der Waals surface area contributed by atoms with Gasteiger partial charge in [-0.2, -0.15) is 0 Å². The summed E-state index contributed by atoms with van der Waals surface area (Å²) in [5.74, 6) is -0.131. The Morgan fingerprint density at radius 2 is 2.00 bits per heavy atom. The number of halogens is 3. The zero-order chi connectivity index (χ0) is 9.30. The summed E-state index contributed by atoms with van der Waals surface area (Å²) >= 11 is 9.16. The molecule has 0 aromatic heterocycles. The fraction of sp³-hybridized carbons (Fsp3) is 0.333. The first kappa shape index (κ1) is 10.0. The molecule has 0 nitrogen and oxygen atoms in total. The van der Waals surface area contributed by atoms with Crippen LogP contribution in [0, 0.1) is 5.82 Å². The van der Waals surface area contributed by atoms with Gasteiger partial charge < -0.3 is 0 Å². The van der Waals surface area contributed by atoms with Gasteiger partial charge >= 0.3 is 0 Å². The highest BCUT2D eigenvalue weighted by Gasteiger charge is 2.13. The fourth-order valence-corrected chi connectivity index (χ4v) is 1.79. The van der Waals surface area contributed by atoms with Gasteiger partial charge in [0.25, 0.3) is 0 Å². The second-order valence-electron chi connectivity index (χ2n) is 2.91. The van der Waals surface area contributed by atoms with Crippen LogP contribution in [0.1, 0.15) is 25.3 Å². The van der Waals surface area contributed by atoms with Gasteiger partial charge in [0.1, 0.15) is 5.82 Å². The van der Waals surface area contributed by atoms with Gasteiger partial charge in [0.05, 0.1) is 5.02 Å². The molecule has 66 valence electrons. The van der Waals surface area contributed by atoms with Crippen LogP contribution < -0.4 is 0 Å². The van der Waals surface area contributed by atoms with Crippen LogP contribution in [0.3, 0.4) is 0 Å². The lowest BCUT2D eigenvalue weighted by molar-refractivity contribution is 0.598. The zero-order valence-electron chi connectivity index (χ0n) is 6.87. The van der Waals surface area contributed by atoms with E-state index in [1.165, 1.54) is 6.07 Å². The first-order chi connectivity index (χ1) is 5.54. The minimum atomic E-state index is -0.238. The Kier molecular flexibility index (Phi) is 3.13. The molecule has 0 aliphatic carbocycles. The Hall–Kier alpha value is -0.0800. The van der Waals surface area contributed by atoms with Crippen molar-refractivity contribution < 1.29 is 4.39 Å². The number of hydrogen-bond acceptors (Lipinski definition) is 0. The van der Waals surface area contributed by atoms with E-state index in [-0.39, 0.29) is 11.7 Å². The molecule has 3 heteroatoms. The van der Waals surface area contributed by atoms with Crippen molar-refractivity contribution in [1.82, 2.24) is 0 Å². The number of benzene rings is 1. The minimum Gasteiger partial charge on any atom is -0.207 e. The molecular formula is C9H9BrClF. The molecule has 0 atom stereocenters. The first-order valence-corrected chi connectivity index (χ1v) is 4.84. The van der Waals surface area contributed by atoms with Crippen molar-refractivity contribution >= 4 is 27.5 Å². The van der Waals surface area contributed by atoms with Gasteiger partial charge in [-0.15, -0.1) is 0 Å². The summed E-state index contributed by atoms with van der Waals surface area (Å²) in [6.07, 6.45) is 0. The summed E-state index contributed by atoms with van der Waals surface area (Å²) < 4.78 is 13.9. The summed E-state index contributed by atoms with van der Waals surface area (Å²) in [6.45, 7) is 3.83. The third-order valence-electron chi connectivity index (χ3n) is 1.66. The molecule has 0 unspecified atom stereocenters. The maximum absolute atomic E-state index is 13.2. The van der Waals surface area contributed by atoms with Gasteiger partial charge in [-0.3, -0.25) is 0 Å². The molecule has 12 heavy (non-hydrogen) atoms. The quantitative estimate of drug-likeness (QED) is 0.650. The highest BCUT2D eigenvalue weighted by molar-refractivity contribution is 9.10. The van der Waals surface area contributed by atoms with Crippen LogP contribution in [0.5, 0.6) is 0 Å². The van der Waals surface area contributed by atoms with E-state index < -0.39 is 0 Å². The van der Waals surface area contributed by atoms with E-state index in [4.69, 9.17) is 11.6 Å². The average molecular weight is 252 g/mol. The summed E-state index contributed by atoms with van der Waals surface area (Å²) in [7, 11) is 0. The van der Waals surface area contributed by atoms with E-state index in [0.717, 1.165) is 4.47 Å². The van der Waals surface area contributed by atoms with Gasteiger partial charge in [-0.05, 0) is 34.0 Å². The monoisotopic (exact) mass is 250 g/mol. The molecule has 0 amide bonds. The molecule has 0 spiro atoms. The molecule has 1 aromatic carbocycles. The SMILES string of the molecule is CC(C)c1c(F)ccc(Br)c1Cl. The maximum Gasteiger partial charge on any atom is 0.128 e. The van der Waals surface area contributed by atoms with Gasteiger partial charge in [0.2, 0.25) is 0 Å². The summed E-state index contributed by atoms with van der Waals surface area (Å²) in [5.41, 5.74) is 0.575. The van der Waals surface area contributed by atoms with Crippen molar-refractivity contribution in [3.63, 3.8) is 0 Å². The molecule has 0 bridgehead atoms. The molecule has 0 radical (unpaired) electrons. The summed E-state index contributed by atoms with van der Waals surface area (Å²) in [6, 6.07) is 3.04. The Morgan fingerprint density at radius 3 is 2.42 bits per heavy atom. The average Bonchev–Trinajstić information content (AvgIpc) is 1.97. The number of hydrogen-bond donors (Lipinski definition) is 0. The first-order valence-electron chi connectivity index (χ1n) is 3.67. The zero-order valence-corrected chi connectivity index (χ0v) is 9.21. The van der Waals surface area contributed by atoms with Crippen molar-refractivity contribution in [2.75, 3.05) is 0 Å². The van der Waals surface area contributed by atoms with E-state index in [1.807, 2.05) is 13.8 Å². The van der Waals surface area contributed by atoms with E-state index in [2.05, 4.69) is 15.9 Å². The predicted molar refractivity (Wildman–Crippen MR) is 53.2 cm³/mol. The van der Waals surface area contributed by atoms with Crippen LogP contribution in [0.25, 0.3) is 0 Å². The van der Waals surface area contributed by atoms with E-state index in [0.29, 0.717) is 10.6 Å². The summed E-state index contributed by atoms with van der Waals surface area (Å²) in [5, 5.41) is 0.477. The Bertz CT molecular complexity index is 297. The highest BCUT2D eigenvalue weighted by atomic mass is 79.9. The summed E-state index contributed by atoms with van der Waals surface area (Å²) in [4.78, 5) is 0. The van der Waals surface area contributed by atoms with Crippen molar-refractivity contribution in [3.8, 4) is 0 Å². The molecule has 0 saturated heterocycles. The van der Waals surface area contributed by atoms with Crippen molar-refractivity contribution in [2.45, 2.75) is 19.8 Å². The third kappa shape index (κ3) is 1.80. The third-order valence-corrected chi connectivity index (χ3v) is 2.95. The van der Waals surface area contributed by atoms with Crippen LogP contribution >= 0.6 is 27.5 Å². The molecule has 1 rings (SSSR count). The second-order valence-corrected chi connectivity index (χ2v) is 4.14. The van der Waals surface area contributed by atoms with Crippen LogP contribution in [-0.4, -0.2) is 0 Å². The van der Waals surface area contributed by atoms with E-state index >= 15 is 0 Å². The Balaban J connectivity index is 3.33. The van der Waals surface area contributed by atoms with Crippen LogP contribution in [-0.2, 0) is 0 Å². The van der Waals surface area contributed by atoms with Gasteiger partial charge in [0, 0.05) is 10.0 Å². The lowest BCUT2D eigenvalue weighted by Gasteiger charge is -2.10. The van der Waals surface area contributed by atoms with Crippen LogP contribution in [0.2, 0.25) is 5.02 Å². The Morgan fingerprint density at radius 1 is 1.42 bits per heavy atom. The molecule has 0 N–H and O–H groups in total. The molecule has 0 saturated carbocycles. The number of rotatable bonds is 1. The lowest BCUT2D eigenvalue weighted by atomic mass is 10.0. The van der Waals surface area contributed by atoms with Gasteiger partial charge in [-0.25, -0.2) is 4.39 Å². The lowest BCUT2D eigenvalue weighted by Crippen LogP contribution is -1.94. The molecule has 0 aliphatic heterocycles. The molecule has 0 fully saturated rings. The maximum atomic E-state index is 13.2. The standard InChI is InChI=1S/C9H9BrClF/c1-5(2)8-7(12)4-3-6(10)9(8)11/h3-5H,1-2H3. The molecular weight excluding hydrogens is 242 g/mol. The molecule has 0 aliphatic rings. The van der Waals surface area contributed by atoms with Crippen LogP contribution in [0.4, 0.5) is 4.39 Å². The molecule has 1 aromatic rings. The molecule has 0 heterocycles. The smallest absolute Gasteiger partial charge is 0.128 e. The minimum absolute atomic E-state index is 0.106. The Labute approximate surface area is 84.9 Å². The normalized spacial score (nSPS) is 10.8. The van der Waals surface area contributed by atoms with Crippen molar-refractivity contribution in [2.24, 2.45) is 0 Å². The second kappa shape index (κ2) is 3.75. The van der Waals surface area contributed by atoms with E-state index in [9.17, 15) is 4.39 Å². The van der Waals surface area contributed by atoms with E-state index in [1.54, 1.807) is 6.07 Å². The van der Waals surface area contributed by atoms with Crippen LogP contribution in [0.15, 0.2) is 16.6 Å². The fourth-order valence-electron chi connectivity index (χ4n) is 1.07. The predicted octanol–water partition coefficient (Wildman–Crippen LogP) is 4.37. The topological polar surface area (TPSA) is 0 Å².